The molecule has 1 aromatic rings. The van der Waals surface area contributed by atoms with Gasteiger partial charge in [-0.2, -0.15) is 0 Å². The number of carbonyl (C=O) groups excluding carboxylic acids is 2. The van der Waals surface area contributed by atoms with Crippen LogP contribution in [0.3, 0.4) is 0 Å². The van der Waals surface area contributed by atoms with E-state index in [0.717, 1.165) is 32.5 Å². The fourth-order valence-corrected chi connectivity index (χ4v) is 3.96. The highest BCUT2D eigenvalue weighted by Gasteiger charge is 2.26. The van der Waals surface area contributed by atoms with Gasteiger partial charge in [0.15, 0.2) is 0 Å². The van der Waals surface area contributed by atoms with E-state index in [4.69, 9.17) is 4.74 Å². The minimum atomic E-state index is -0.0369. The van der Waals surface area contributed by atoms with Gasteiger partial charge in [-0.05, 0) is 12.8 Å². The number of nitrogens with one attached hydrogen (secondary N) is 1. The van der Waals surface area contributed by atoms with E-state index in [1.807, 2.05) is 4.90 Å². The molecule has 2 amide bonds. The van der Waals surface area contributed by atoms with Crippen LogP contribution in [0.1, 0.15) is 42.5 Å². The summed E-state index contributed by atoms with van der Waals surface area (Å²) in [5, 5.41) is 7.24. The molecule has 0 unspecified atom stereocenters. The topological polar surface area (TPSA) is 79.7 Å². The summed E-state index contributed by atoms with van der Waals surface area (Å²) < 4.78 is 6.79. The van der Waals surface area contributed by atoms with Gasteiger partial charge in [0.1, 0.15) is 5.56 Å². The first-order chi connectivity index (χ1) is 13.1. The molecule has 0 spiro atoms. The van der Waals surface area contributed by atoms with Gasteiger partial charge in [-0.1, -0.05) is 19.3 Å². The van der Waals surface area contributed by atoms with Crippen molar-refractivity contribution in [2.75, 3.05) is 46.4 Å². The summed E-state index contributed by atoms with van der Waals surface area (Å²) in [6.45, 7) is 4.48. The summed E-state index contributed by atoms with van der Waals surface area (Å²) in [4.78, 5) is 29.0. The van der Waals surface area contributed by atoms with Gasteiger partial charge < -0.3 is 15.0 Å². The van der Waals surface area contributed by atoms with Crippen LogP contribution < -0.4 is 10.1 Å². The van der Waals surface area contributed by atoms with E-state index in [1.165, 1.54) is 26.4 Å². The predicted octanol–water partition coefficient (Wildman–Crippen LogP) is 0.883. The number of hydrogen-bond donors (Lipinski definition) is 1. The van der Waals surface area contributed by atoms with Gasteiger partial charge in [0, 0.05) is 58.4 Å². The second-order valence-electron chi connectivity index (χ2n) is 7.49. The Bertz CT molecular complexity index is 646. The number of aromatic nitrogens is 2. The molecule has 2 heterocycles. The molecule has 1 N–H and O–H groups in total. The van der Waals surface area contributed by atoms with Gasteiger partial charge in [0.25, 0.3) is 5.91 Å². The smallest absolute Gasteiger partial charge is 0.261 e. The average Bonchev–Trinajstić information content (AvgIpc) is 3.09. The van der Waals surface area contributed by atoms with Crippen molar-refractivity contribution >= 4 is 11.8 Å². The van der Waals surface area contributed by atoms with E-state index in [0.29, 0.717) is 31.1 Å². The van der Waals surface area contributed by atoms with Crippen molar-refractivity contribution in [3.63, 3.8) is 0 Å². The summed E-state index contributed by atoms with van der Waals surface area (Å²) in [5.41, 5.74) is 0.508. The van der Waals surface area contributed by atoms with Crippen LogP contribution in [0, 0.1) is 5.92 Å². The first-order valence-corrected chi connectivity index (χ1v) is 9.95. The highest BCUT2D eigenvalue weighted by molar-refractivity contribution is 5.96. The average molecular weight is 377 g/mol. The number of aryl methyl sites for hydroxylation is 1. The molecule has 1 aliphatic carbocycles. The highest BCUT2D eigenvalue weighted by Crippen LogP contribution is 2.23. The molecular formula is C19H31N5O3. The Kier molecular flexibility index (Phi) is 6.71. The third kappa shape index (κ3) is 5.00. The Morgan fingerprint density at radius 3 is 2.56 bits per heavy atom. The van der Waals surface area contributed by atoms with E-state index < -0.39 is 0 Å². The molecule has 0 aromatic carbocycles. The number of hydrogen-bond acceptors (Lipinski definition) is 5. The van der Waals surface area contributed by atoms with Crippen LogP contribution in [0.4, 0.5) is 0 Å². The van der Waals surface area contributed by atoms with Crippen LogP contribution in [0.25, 0.3) is 0 Å². The van der Waals surface area contributed by atoms with Crippen LogP contribution in [0.2, 0.25) is 0 Å². The summed E-state index contributed by atoms with van der Waals surface area (Å²) in [6, 6.07) is 0. The lowest BCUT2D eigenvalue weighted by Gasteiger charge is -2.34. The molecule has 2 aliphatic rings. The number of carbonyl (C=O) groups is 2. The van der Waals surface area contributed by atoms with Crippen molar-refractivity contribution in [1.82, 2.24) is 24.9 Å². The standard InChI is InChI=1S/C19H31N5O3/c1-22-14-16(18(21-22)27-2)19(26)24-12-10-23(11-13-24)9-8-20-17(25)15-6-4-3-5-7-15/h14-15H,3-13H2,1-2H3,(H,20,25). The number of methoxy groups -OCH3 is 1. The normalized spacial score (nSPS) is 19.1. The Hall–Kier alpha value is -2.09. The zero-order valence-corrected chi connectivity index (χ0v) is 16.4. The fourth-order valence-electron chi connectivity index (χ4n) is 3.96. The van der Waals surface area contributed by atoms with Crippen LogP contribution in [-0.2, 0) is 11.8 Å². The third-order valence-corrected chi connectivity index (χ3v) is 5.58. The molecule has 1 saturated carbocycles. The van der Waals surface area contributed by atoms with E-state index in [-0.39, 0.29) is 17.7 Å². The Morgan fingerprint density at radius 2 is 1.89 bits per heavy atom. The van der Waals surface area contributed by atoms with Crippen LogP contribution in [0.15, 0.2) is 6.20 Å². The van der Waals surface area contributed by atoms with Crippen molar-refractivity contribution in [3.05, 3.63) is 11.8 Å². The summed E-state index contributed by atoms with van der Waals surface area (Å²) in [5.74, 6) is 0.760. The van der Waals surface area contributed by atoms with Gasteiger partial charge >= 0.3 is 0 Å². The van der Waals surface area contributed by atoms with Gasteiger partial charge in [-0.25, -0.2) is 0 Å². The molecular weight excluding hydrogens is 346 g/mol. The summed E-state index contributed by atoms with van der Waals surface area (Å²) in [6.07, 6.45) is 7.38. The number of nitrogens with zero attached hydrogens (tertiary/aromatic N) is 4. The van der Waals surface area contributed by atoms with Crippen molar-refractivity contribution in [2.24, 2.45) is 13.0 Å². The molecule has 1 aromatic heterocycles. The number of rotatable bonds is 6. The number of piperazine rings is 1. The second-order valence-corrected chi connectivity index (χ2v) is 7.49. The fraction of sp³-hybridized carbons (Fsp3) is 0.737. The van der Waals surface area contributed by atoms with Crippen LogP contribution in [-0.4, -0.2) is 77.8 Å². The first-order valence-electron chi connectivity index (χ1n) is 9.95. The maximum atomic E-state index is 12.7. The van der Waals surface area contributed by atoms with Crippen LogP contribution in [0.5, 0.6) is 5.88 Å². The highest BCUT2D eigenvalue weighted by atomic mass is 16.5. The van der Waals surface area contributed by atoms with Gasteiger partial charge in [0.05, 0.1) is 7.11 Å². The lowest BCUT2D eigenvalue weighted by molar-refractivity contribution is -0.125. The minimum Gasteiger partial charge on any atom is -0.479 e. The van der Waals surface area contributed by atoms with E-state index in [2.05, 4.69) is 15.3 Å². The largest absolute Gasteiger partial charge is 0.479 e. The molecule has 1 aliphatic heterocycles. The van der Waals surface area contributed by atoms with Gasteiger partial charge in [-0.15, -0.1) is 5.10 Å². The monoisotopic (exact) mass is 377 g/mol. The molecule has 0 atom stereocenters. The van der Waals surface area contributed by atoms with Gasteiger partial charge in [0.2, 0.25) is 11.8 Å². The Morgan fingerprint density at radius 1 is 1.19 bits per heavy atom. The first kappa shape index (κ1) is 19.7. The molecule has 0 bridgehead atoms. The minimum absolute atomic E-state index is 0.0369. The lowest BCUT2D eigenvalue weighted by atomic mass is 9.89. The molecule has 1 saturated heterocycles. The maximum absolute atomic E-state index is 12.7. The van der Waals surface area contributed by atoms with Crippen molar-refractivity contribution in [2.45, 2.75) is 32.1 Å². The third-order valence-electron chi connectivity index (χ3n) is 5.58. The zero-order valence-electron chi connectivity index (χ0n) is 16.4. The van der Waals surface area contributed by atoms with Crippen molar-refractivity contribution < 1.29 is 14.3 Å². The van der Waals surface area contributed by atoms with E-state index >= 15 is 0 Å². The molecule has 2 fully saturated rings. The second kappa shape index (κ2) is 9.21. The molecule has 27 heavy (non-hydrogen) atoms. The predicted molar refractivity (Wildman–Crippen MR) is 102 cm³/mol. The SMILES string of the molecule is COc1nn(C)cc1C(=O)N1CCN(CCNC(=O)C2CCCCC2)CC1. The van der Waals surface area contributed by atoms with Crippen molar-refractivity contribution in [1.29, 1.82) is 0 Å². The molecule has 3 rings (SSSR count). The molecule has 0 radical (unpaired) electrons. The maximum Gasteiger partial charge on any atom is 0.261 e. The summed E-state index contributed by atoms with van der Waals surface area (Å²) in [7, 11) is 3.30. The van der Waals surface area contributed by atoms with Crippen molar-refractivity contribution in [3.8, 4) is 5.88 Å². The number of ether oxygens (including phenoxy) is 1. The summed E-state index contributed by atoms with van der Waals surface area (Å²) >= 11 is 0. The zero-order chi connectivity index (χ0) is 19.2. The lowest BCUT2D eigenvalue weighted by Crippen LogP contribution is -2.50. The molecule has 8 nitrogen and oxygen atoms in total. The van der Waals surface area contributed by atoms with Gasteiger partial charge in [-0.3, -0.25) is 19.2 Å². The van der Waals surface area contributed by atoms with Crippen LogP contribution >= 0.6 is 0 Å². The quantitative estimate of drug-likeness (QED) is 0.796. The Balaban J connectivity index is 1.39. The van der Waals surface area contributed by atoms with E-state index in [1.54, 1.807) is 17.9 Å². The number of amides is 2. The Labute approximate surface area is 160 Å². The molecule has 8 heteroatoms. The molecule has 150 valence electrons. The van der Waals surface area contributed by atoms with E-state index in [9.17, 15) is 9.59 Å².